The van der Waals surface area contributed by atoms with Gasteiger partial charge in [0, 0.05) is 0 Å². The van der Waals surface area contributed by atoms with Crippen molar-refractivity contribution in [2.24, 2.45) is 0 Å². The normalized spacial score (nSPS) is 12.2. The average Bonchev–Trinajstić information content (AvgIpc) is 2.34. The lowest BCUT2D eigenvalue weighted by Gasteiger charge is -2.14. The number of benzene rings is 1. The molecule has 0 bridgehead atoms. The van der Waals surface area contributed by atoms with Gasteiger partial charge in [-0.05, 0) is 23.8 Å². The highest BCUT2D eigenvalue weighted by atomic mass is 19.4. The molecule has 20 heavy (non-hydrogen) atoms. The first-order chi connectivity index (χ1) is 8.96. The van der Waals surface area contributed by atoms with Gasteiger partial charge in [-0.1, -0.05) is 6.58 Å². The van der Waals surface area contributed by atoms with Crippen molar-refractivity contribution >= 4 is 11.5 Å². The summed E-state index contributed by atoms with van der Waals surface area (Å²) in [6.07, 6.45) is -9.80. The van der Waals surface area contributed by atoms with Crippen molar-refractivity contribution in [2.45, 2.75) is 12.4 Å². The Balaban J connectivity index is 3.46. The van der Waals surface area contributed by atoms with E-state index in [9.17, 15) is 31.1 Å². The molecule has 0 heterocycles. The molecule has 0 aliphatic rings. The van der Waals surface area contributed by atoms with E-state index in [1.807, 2.05) is 0 Å². The van der Waals surface area contributed by atoms with Gasteiger partial charge in [0.15, 0.2) is 0 Å². The Hall–Kier alpha value is -1.99. The van der Waals surface area contributed by atoms with Crippen molar-refractivity contribution in [1.82, 2.24) is 0 Å². The van der Waals surface area contributed by atoms with Gasteiger partial charge in [-0.25, -0.2) is 4.79 Å². The number of rotatable bonds is 2. The molecule has 0 saturated heterocycles. The molecule has 110 valence electrons. The minimum atomic E-state index is -4.91. The Morgan fingerprint density at radius 1 is 1.05 bits per heavy atom. The van der Waals surface area contributed by atoms with Crippen molar-refractivity contribution < 1.29 is 35.9 Å². The first-order valence-electron chi connectivity index (χ1n) is 5.04. The van der Waals surface area contributed by atoms with Gasteiger partial charge in [-0.15, -0.1) is 0 Å². The lowest BCUT2D eigenvalue weighted by atomic mass is 10.00. The van der Waals surface area contributed by atoms with E-state index in [0.29, 0.717) is 12.1 Å². The molecule has 0 aromatic heterocycles. The Morgan fingerprint density at radius 3 is 1.95 bits per heavy atom. The van der Waals surface area contributed by atoms with Crippen molar-refractivity contribution in [3.8, 4) is 0 Å². The second kappa shape index (κ2) is 5.18. The van der Waals surface area contributed by atoms with Crippen molar-refractivity contribution in [3.05, 3.63) is 41.5 Å². The van der Waals surface area contributed by atoms with Crippen LogP contribution in [0.4, 0.5) is 26.3 Å². The maximum absolute atomic E-state index is 12.6. The molecule has 0 aliphatic carbocycles. The summed E-state index contributed by atoms with van der Waals surface area (Å²) in [6, 6.07) is 1.35. The summed E-state index contributed by atoms with van der Waals surface area (Å²) in [5.41, 5.74) is -4.34. The van der Waals surface area contributed by atoms with Crippen molar-refractivity contribution in [1.29, 1.82) is 0 Å². The maximum Gasteiger partial charge on any atom is 0.416 e. The van der Waals surface area contributed by atoms with Gasteiger partial charge in [0.1, 0.15) is 0 Å². The van der Waals surface area contributed by atoms with Crippen LogP contribution >= 0.6 is 0 Å². The predicted octanol–water partition coefficient (Wildman–Crippen LogP) is 4.07. The predicted molar refractivity (Wildman–Crippen MR) is 57.9 cm³/mol. The summed E-state index contributed by atoms with van der Waals surface area (Å²) in [7, 11) is 0.904. The molecule has 0 spiro atoms. The van der Waals surface area contributed by atoms with E-state index in [2.05, 4.69) is 11.3 Å². The second-order valence-corrected chi connectivity index (χ2v) is 3.76. The first-order valence-corrected chi connectivity index (χ1v) is 5.04. The van der Waals surface area contributed by atoms with Crippen molar-refractivity contribution in [3.63, 3.8) is 0 Å². The summed E-state index contributed by atoms with van der Waals surface area (Å²) in [5.74, 6) is -1.17. The number of esters is 1. The molecular weight excluding hydrogens is 290 g/mol. The van der Waals surface area contributed by atoms with Gasteiger partial charge < -0.3 is 4.74 Å². The lowest BCUT2D eigenvalue weighted by molar-refractivity contribution is -0.137. The molecule has 1 rings (SSSR count). The molecule has 1 aromatic carbocycles. The molecule has 2 nitrogen and oxygen atoms in total. The van der Waals surface area contributed by atoms with Crippen LogP contribution in [0.2, 0.25) is 0 Å². The number of halogens is 6. The van der Waals surface area contributed by atoms with Crippen LogP contribution in [0.1, 0.15) is 21.5 Å². The third kappa shape index (κ3) is 3.52. The molecule has 0 fully saturated rings. The van der Waals surface area contributed by atoms with Gasteiger partial charge in [0.25, 0.3) is 0 Å². The first kappa shape index (κ1) is 16.1. The maximum atomic E-state index is 12.6. The van der Waals surface area contributed by atoms with Crippen LogP contribution in [0.5, 0.6) is 0 Å². The number of carbonyl (C=O) groups excluding carboxylic acids is 1. The zero-order valence-corrected chi connectivity index (χ0v) is 10.0. The number of hydrogen-bond donors (Lipinski definition) is 0. The van der Waals surface area contributed by atoms with Gasteiger partial charge >= 0.3 is 18.3 Å². The largest absolute Gasteiger partial charge is 0.465 e. The molecule has 0 atom stereocenters. The summed E-state index contributed by atoms with van der Waals surface area (Å²) >= 11 is 0. The minimum absolute atomic E-state index is 0.280. The Bertz CT molecular complexity index is 542. The van der Waals surface area contributed by atoms with Crippen LogP contribution in [-0.4, -0.2) is 19.3 Å². The molecule has 8 heteroatoms. The quantitative estimate of drug-likeness (QED) is 0.608. The molecule has 0 unspecified atom stereocenters. The van der Waals surface area contributed by atoms with Gasteiger partial charge in [-0.2, -0.15) is 26.3 Å². The highest BCUT2D eigenvalue weighted by molar-refractivity contribution is 5.91. The SMILES string of the molecule is C=C(c1cc(C(=O)OC)cc(C(F)(F)F)c1)C(F)(F)F. The highest BCUT2D eigenvalue weighted by Crippen LogP contribution is 2.36. The Morgan fingerprint density at radius 2 is 1.55 bits per heavy atom. The number of allylic oxidation sites excluding steroid dienone is 1. The van der Waals surface area contributed by atoms with Crippen LogP contribution < -0.4 is 0 Å². The zero-order valence-electron chi connectivity index (χ0n) is 10.0. The van der Waals surface area contributed by atoms with E-state index in [1.54, 1.807) is 0 Å². The van der Waals surface area contributed by atoms with Crippen LogP contribution in [0.15, 0.2) is 24.8 Å². The van der Waals surface area contributed by atoms with E-state index in [4.69, 9.17) is 0 Å². The molecule has 0 saturated carbocycles. The highest BCUT2D eigenvalue weighted by Gasteiger charge is 2.36. The fraction of sp³-hybridized carbons (Fsp3) is 0.250. The van der Waals surface area contributed by atoms with Gasteiger partial charge in [0.05, 0.1) is 23.8 Å². The topological polar surface area (TPSA) is 26.3 Å². The van der Waals surface area contributed by atoms with E-state index >= 15 is 0 Å². The number of hydrogen-bond acceptors (Lipinski definition) is 2. The zero-order chi connectivity index (χ0) is 15.7. The third-order valence-electron chi connectivity index (χ3n) is 2.37. The summed E-state index contributed by atoms with van der Waals surface area (Å²) < 4.78 is 79.5. The summed E-state index contributed by atoms with van der Waals surface area (Å²) in [6.45, 7) is 2.70. The lowest BCUT2D eigenvalue weighted by Crippen LogP contribution is -2.14. The van der Waals surface area contributed by atoms with Crippen LogP contribution in [0.3, 0.4) is 0 Å². The standard InChI is InChI=1S/C12H8F6O2/c1-6(11(13,14)15)7-3-8(10(19)20-2)5-9(4-7)12(16,17)18/h3-5H,1H2,2H3. The van der Waals surface area contributed by atoms with E-state index < -0.39 is 40.6 Å². The number of methoxy groups -OCH3 is 1. The van der Waals surface area contributed by atoms with Crippen LogP contribution in [-0.2, 0) is 10.9 Å². The van der Waals surface area contributed by atoms with Crippen LogP contribution in [0, 0.1) is 0 Å². The van der Waals surface area contributed by atoms with Crippen LogP contribution in [0.25, 0.3) is 5.57 Å². The number of ether oxygens (including phenoxy) is 1. The fourth-order valence-electron chi connectivity index (χ4n) is 1.36. The number of alkyl halides is 6. The van der Waals surface area contributed by atoms with Crippen molar-refractivity contribution in [2.75, 3.05) is 7.11 Å². The molecule has 0 N–H and O–H groups in total. The monoisotopic (exact) mass is 298 g/mol. The Kier molecular flexibility index (Phi) is 4.16. The molecule has 0 amide bonds. The number of carbonyl (C=O) groups is 1. The van der Waals surface area contributed by atoms with E-state index in [-0.39, 0.29) is 6.07 Å². The summed E-state index contributed by atoms with van der Waals surface area (Å²) in [4.78, 5) is 11.2. The van der Waals surface area contributed by atoms with Gasteiger partial charge in [0.2, 0.25) is 0 Å². The van der Waals surface area contributed by atoms with E-state index in [0.717, 1.165) is 7.11 Å². The third-order valence-corrected chi connectivity index (χ3v) is 2.37. The van der Waals surface area contributed by atoms with Gasteiger partial charge in [-0.3, -0.25) is 0 Å². The average molecular weight is 298 g/mol. The molecule has 1 aromatic rings. The smallest absolute Gasteiger partial charge is 0.416 e. The summed E-state index contributed by atoms with van der Waals surface area (Å²) in [5, 5.41) is 0. The second-order valence-electron chi connectivity index (χ2n) is 3.76. The Labute approximate surface area is 109 Å². The fourth-order valence-corrected chi connectivity index (χ4v) is 1.36. The molecular formula is C12H8F6O2. The molecule has 0 radical (unpaired) electrons. The van der Waals surface area contributed by atoms with E-state index in [1.165, 1.54) is 0 Å². The molecule has 0 aliphatic heterocycles. The minimum Gasteiger partial charge on any atom is -0.465 e.